The van der Waals surface area contributed by atoms with E-state index in [0.717, 1.165) is 43.6 Å². The van der Waals surface area contributed by atoms with Gasteiger partial charge >= 0.3 is 0 Å². The average Bonchev–Trinajstić information content (AvgIpc) is 2.65. The maximum Gasteiger partial charge on any atom is 0.0558 e. The van der Waals surface area contributed by atoms with Crippen LogP contribution < -0.4 is 10.6 Å². The maximum atomic E-state index is 9.03. The third kappa shape index (κ3) is 3.92. The molecule has 0 radical (unpaired) electrons. The van der Waals surface area contributed by atoms with Gasteiger partial charge in [0.2, 0.25) is 0 Å². The first-order valence-corrected chi connectivity index (χ1v) is 7.60. The van der Waals surface area contributed by atoms with Gasteiger partial charge in [-0.2, -0.15) is 0 Å². The molecule has 0 unspecified atom stereocenters. The van der Waals surface area contributed by atoms with Crippen molar-refractivity contribution in [2.75, 3.05) is 44.2 Å². The summed E-state index contributed by atoms with van der Waals surface area (Å²) in [6.07, 6.45) is 1.13. The van der Waals surface area contributed by atoms with E-state index in [0.29, 0.717) is 6.54 Å². The van der Waals surface area contributed by atoms with Crippen LogP contribution in [0.5, 0.6) is 0 Å². The zero-order chi connectivity index (χ0) is 13.7. The molecule has 1 heterocycles. The predicted molar refractivity (Wildman–Crippen MR) is 82.4 cm³/mol. The number of halogens is 1. The van der Waals surface area contributed by atoms with Crippen LogP contribution in [0, 0.1) is 0 Å². The minimum Gasteiger partial charge on any atom is -0.395 e. The van der Waals surface area contributed by atoms with Gasteiger partial charge < -0.3 is 15.7 Å². The first-order valence-electron chi connectivity index (χ1n) is 6.81. The number of benzene rings is 1. The summed E-state index contributed by atoms with van der Waals surface area (Å²) >= 11 is 3.50. The molecule has 0 bridgehead atoms. The van der Waals surface area contributed by atoms with Crippen molar-refractivity contribution < 1.29 is 5.11 Å². The molecule has 1 aromatic carbocycles. The van der Waals surface area contributed by atoms with Gasteiger partial charge in [0.05, 0.1) is 6.61 Å². The van der Waals surface area contributed by atoms with Crippen molar-refractivity contribution in [2.45, 2.75) is 13.0 Å². The van der Waals surface area contributed by atoms with Crippen LogP contribution in [-0.2, 0) is 6.54 Å². The number of β-amino-alcohol motifs (C(OH)–C–C–N with tert-alkyl or cyclic N) is 1. The Morgan fingerprint density at radius 2 is 2.05 bits per heavy atom. The Kier molecular flexibility index (Phi) is 5.63. The van der Waals surface area contributed by atoms with Crippen molar-refractivity contribution in [3.8, 4) is 0 Å². The van der Waals surface area contributed by atoms with Gasteiger partial charge in [-0.05, 0) is 36.7 Å². The summed E-state index contributed by atoms with van der Waals surface area (Å²) in [7, 11) is 0. The SMILES string of the molecule is NCc1cc(Br)ccc1N1CCCN(CCO)CC1. The van der Waals surface area contributed by atoms with Gasteiger partial charge in [0.25, 0.3) is 0 Å². The van der Waals surface area contributed by atoms with Crippen LogP contribution in [0.4, 0.5) is 5.69 Å². The molecule has 0 aliphatic carbocycles. The number of nitrogens with zero attached hydrogens (tertiary/aromatic N) is 2. The molecule has 1 aliphatic heterocycles. The van der Waals surface area contributed by atoms with E-state index in [1.807, 2.05) is 0 Å². The Labute approximate surface area is 123 Å². The van der Waals surface area contributed by atoms with E-state index >= 15 is 0 Å². The molecule has 0 atom stereocenters. The van der Waals surface area contributed by atoms with Gasteiger partial charge in [0.1, 0.15) is 0 Å². The summed E-state index contributed by atoms with van der Waals surface area (Å²) in [5.74, 6) is 0. The third-order valence-corrected chi connectivity index (χ3v) is 4.10. The minimum atomic E-state index is 0.242. The molecular weight excluding hydrogens is 306 g/mol. The van der Waals surface area contributed by atoms with Crippen molar-refractivity contribution in [3.63, 3.8) is 0 Å². The van der Waals surface area contributed by atoms with E-state index in [9.17, 15) is 0 Å². The molecule has 1 fully saturated rings. The Morgan fingerprint density at radius 1 is 1.21 bits per heavy atom. The molecular formula is C14H22BrN3O. The molecule has 19 heavy (non-hydrogen) atoms. The molecule has 1 aromatic rings. The summed E-state index contributed by atoms with van der Waals surface area (Å²) in [6, 6.07) is 6.32. The Hall–Kier alpha value is -0.620. The topological polar surface area (TPSA) is 52.7 Å². The van der Waals surface area contributed by atoms with Crippen LogP contribution in [0.15, 0.2) is 22.7 Å². The highest BCUT2D eigenvalue weighted by atomic mass is 79.9. The maximum absolute atomic E-state index is 9.03. The highest BCUT2D eigenvalue weighted by Crippen LogP contribution is 2.25. The Morgan fingerprint density at radius 3 is 2.79 bits per heavy atom. The molecule has 0 amide bonds. The lowest BCUT2D eigenvalue weighted by Crippen LogP contribution is -2.32. The van der Waals surface area contributed by atoms with Crippen LogP contribution in [0.25, 0.3) is 0 Å². The zero-order valence-electron chi connectivity index (χ0n) is 11.2. The van der Waals surface area contributed by atoms with Crippen molar-refractivity contribution in [1.82, 2.24) is 4.90 Å². The lowest BCUT2D eigenvalue weighted by molar-refractivity contribution is 0.204. The van der Waals surface area contributed by atoms with Gasteiger partial charge in [-0.1, -0.05) is 15.9 Å². The molecule has 106 valence electrons. The largest absolute Gasteiger partial charge is 0.395 e. The van der Waals surface area contributed by atoms with E-state index in [1.54, 1.807) is 0 Å². The van der Waals surface area contributed by atoms with Gasteiger partial charge in [0.15, 0.2) is 0 Å². The fraction of sp³-hybridized carbons (Fsp3) is 0.571. The highest BCUT2D eigenvalue weighted by Gasteiger charge is 2.16. The quantitative estimate of drug-likeness (QED) is 0.878. The molecule has 4 nitrogen and oxygen atoms in total. The molecule has 1 saturated heterocycles. The molecule has 0 spiro atoms. The summed E-state index contributed by atoms with van der Waals surface area (Å²) < 4.78 is 1.08. The highest BCUT2D eigenvalue weighted by molar-refractivity contribution is 9.10. The normalized spacial score (nSPS) is 17.5. The lowest BCUT2D eigenvalue weighted by atomic mass is 10.1. The van der Waals surface area contributed by atoms with E-state index in [4.69, 9.17) is 10.8 Å². The number of hydrogen-bond donors (Lipinski definition) is 2. The molecule has 3 N–H and O–H groups in total. The van der Waals surface area contributed by atoms with Gasteiger partial charge in [-0.3, -0.25) is 4.90 Å². The predicted octanol–water partition coefficient (Wildman–Crippen LogP) is 1.41. The molecule has 0 aromatic heterocycles. The van der Waals surface area contributed by atoms with Crippen molar-refractivity contribution >= 4 is 21.6 Å². The van der Waals surface area contributed by atoms with E-state index in [1.165, 1.54) is 11.3 Å². The van der Waals surface area contributed by atoms with Gasteiger partial charge in [-0.25, -0.2) is 0 Å². The molecule has 1 aliphatic rings. The Balaban J connectivity index is 2.09. The Bertz CT molecular complexity index is 414. The fourth-order valence-electron chi connectivity index (χ4n) is 2.60. The lowest BCUT2D eigenvalue weighted by Gasteiger charge is -2.25. The standard InChI is InChI=1S/C14H22BrN3O/c15-13-2-3-14(12(10-13)11-16)18-5-1-4-17(6-7-18)8-9-19/h2-3,10,19H,1,4-9,11,16H2. The zero-order valence-corrected chi connectivity index (χ0v) is 12.8. The number of rotatable bonds is 4. The molecule has 5 heteroatoms. The summed E-state index contributed by atoms with van der Waals surface area (Å²) in [6.45, 7) is 5.69. The second kappa shape index (κ2) is 7.24. The number of nitrogens with two attached hydrogens (primary N) is 1. The van der Waals surface area contributed by atoms with Gasteiger partial charge in [-0.15, -0.1) is 0 Å². The minimum absolute atomic E-state index is 0.242. The smallest absolute Gasteiger partial charge is 0.0558 e. The second-order valence-corrected chi connectivity index (χ2v) is 5.80. The fourth-order valence-corrected chi connectivity index (χ4v) is 3.01. The van der Waals surface area contributed by atoms with Crippen molar-refractivity contribution in [3.05, 3.63) is 28.2 Å². The van der Waals surface area contributed by atoms with Crippen LogP contribution in [-0.4, -0.2) is 49.3 Å². The number of hydrogen-bond acceptors (Lipinski definition) is 4. The number of aliphatic hydroxyl groups is 1. The third-order valence-electron chi connectivity index (χ3n) is 3.61. The average molecular weight is 328 g/mol. The first-order chi connectivity index (χ1) is 9.24. The number of aliphatic hydroxyl groups excluding tert-OH is 1. The summed E-state index contributed by atoms with van der Waals surface area (Å²) in [4.78, 5) is 4.73. The first kappa shape index (κ1) is 14.8. The van der Waals surface area contributed by atoms with Crippen LogP contribution in [0.2, 0.25) is 0 Å². The van der Waals surface area contributed by atoms with Gasteiger partial charge in [0, 0.05) is 42.9 Å². The van der Waals surface area contributed by atoms with Crippen LogP contribution >= 0.6 is 15.9 Å². The van der Waals surface area contributed by atoms with Crippen molar-refractivity contribution in [1.29, 1.82) is 0 Å². The van der Waals surface area contributed by atoms with Crippen LogP contribution in [0.3, 0.4) is 0 Å². The monoisotopic (exact) mass is 327 g/mol. The van der Waals surface area contributed by atoms with E-state index < -0.39 is 0 Å². The van der Waals surface area contributed by atoms with Crippen molar-refractivity contribution in [2.24, 2.45) is 5.73 Å². The van der Waals surface area contributed by atoms with Crippen LogP contribution in [0.1, 0.15) is 12.0 Å². The van der Waals surface area contributed by atoms with E-state index in [2.05, 4.69) is 43.9 Å². The second-order valence-electron chi connectivity index (χ2n) is 4.88. The molecule has 2 rings (SSSR count). The molecule has 0 saturated carbocycles. The van der Waals surface area contributed by atoms with E-state index in [-0.39, 0.29) is 6.61 Å². The summed E-state index contributed by atoms with van der Waals surface area (Å²) in [5.41, 5.74) is 8.28. The number of anilines is 1. The summed E-state index contributed by atoms with van der Waals surface area (Å²) in [5, 5.41) is 9.03.